The van der Waals surface area contributed by atoms with Crippen LogP contribution in [0.15, 0.2) is 29.5 Å². The third-order valence-corrected chi connectivity index (χ3v) is 2.35. The lowest BCUT2D eigenvalue weighted by Crippen LogP contribution is -2.15. The predicted octanol–water partition coefficient (Wildman–Crippen LogP) is 2.20. The van der Waals surface area contributed by atoms with Gasteiger partial charge >= 0.3 is 0 Å². The van der Waals surface area contributed by atoms with Crippen molar-refractivity contribution in [2.24, 2.45) is 0 Å². The van der Waals surface area contributed by atoms with Gasteiger partial charge in [0, 0.05) is 17.3 Å². The number of nitrogens with zero attached hydrogens (tertiary/aromatic N) is 2. The number of rotatable bonds is 3. The van der Waals surface area contributed by atoms with Crippen molar-refractivity contribution < 1.29 is 14.8 Å². The van der Waals surface area contributed by atoms with Crippen molar-refractivity contribution in [2.45, 2.75) is 13.8 Å². The first-order valence-corrected chi connectivity index (χ1v) is 5.23. The molecule has 0 unspecified atom stereocenters. The Bertz CT molecular complexity index is 610. The largest absolute Gasteiger partial charge is 0.511 e. The molecule has 7 nitrogen and oxygen atoms in total. The smallest absolute Gasteiger partial charge is 0.272 e. The molecule has 0 aliphatic heterocycles. The molecule has 1 aromatic rings. The van der Waals surface area contributed by atoms with E-state index in [1.165, 1.54) is 32.0 Å². The van der Waals surface area contributed by atoms with Crippen LogP contribution in [0.4, 0.5) is 11.4 Å². The van der Waals surface area contributed by atoms with Crippen LogP contribution < -0.4 is 5.32 Å². The van der Waals surface area contributed by atoms with Gasteiger partial charge in [-0.2, -0.15) is 5.26 Å². The van der Waals surface area contributed by atoms with E-state index in [0.29, 0.717) is 11.3 Å². The lowest BCUT2D eigenvalue weighted by molar-refractivity contribution is -0.385. The number of aliphatic hydroxyl groups is 1. The Morgan fingerprint density at radius 3 is 2.58 bits per heavy atom. The van der Waals surface area contributed by atoms with Crippen molar-refractivity contribution in [3.05, 3.63) is 45.2 Å². The number of allylic oxidation sites excluding steroid dienone is 1. The van der Waals surface area contributed by atoms with Crippen molar-refractivity contribution in [3.8, 4) is 6.07 Å². The summed E-state index contributed by atoms with van der Waals surface area (Å²) < 4.78 is 0. The van der Waals surface area contributed by atoms with Crippen LogP contribution in [0.25, 0.3) is 0 Å². The fourth-order valence-corrected chi connectivity index (χ4v) is 1.43. The molecule has 0 heterocycles. The van der Waals surface area contributed by atoms with Crippen molar-refractivity contribution in [1.82, 2.24) is 0 Å². The fraction of sp³-hybridized carbons (Fsp3) is 0.167. The Kier molecular flexibility index (Phi) is 4.21. The van der Waals surface area contributed by atoms with Gasteiger partial charge < -0.3 is 10.4 Å². The number of anilines is 1. The summed E-state index contributed by atoms with van der Waals surface area (Å²) in [6.45, 7) is 2.76. The topological polar surface area (TPSA) is 116 Å². The Morgan fingerprint density at radius 2 is 2.16 bits per heavy atom. The molecule has 0 aliphatic rings. The molecule has 1 rings (SSSR count). The summed E-state index contributed by atoms with van der Waals surface area (Å²) in [6.07, 6.45) is 0. The van der Waals surface area contributed by atoms with Crippen molar-refractivity contribution in [3.63, 3.8) is 0 Å². The maximum absolute atomic E-state index is 11.6. The summed E-state index contributed by atoms with van der Waals surface area (Å²) in [5, 5.41) is 30.9. The number of hydrogen-bond acceptors (Lipinski definition) is 5. The Balaban J connectivity index is 3.00. The molecule has 0 bridgehead atoms. The quantitative estimate of drug-likeness (QED) is 0.284. The summed E-state index contributed by atoms with van der Waals surface area (Å²) in [7, 11) is 0. The predicted molar refractivity (Wildman–Crippen MR) is 67.4 cm³/mol. The van der Waals surface area contributed by atoms with E-state index >= 15 is 0 Å². The molecule has 0 atom stereocenters. The minimum Gasteiger partial charge on any atom is -0.511 e. The lowest BCUT2D eigenvalue weighted by atomic mass is 10.1. The van der Waals surface area contributed by atoms with E-state index in [0.717, 1.165) is 0 Å². The zero-order valence-electron chi connectivity index (χ0n) is 10.3. The third kappa shape index (κ3) is 3.29. The molecule has 7 heteroatoms. The van der Waals surface area contributed by atoms with Crippen LogP contribution in [-0.2, 0) is 4.79 Å². The standard InChI is InChI=1S/C12H11N3O4/c1-7-5-9(3-4-11(7)15(18)19)14-12(17)10(6-13)8(2)16/h3-5,16H,1-2H3,(H,14,17). The highest BCUT2D eigenvalue weighted by atomic mass is 16.6. The van der Waals surface area contributed by atoms with E-state index in [1.807, 2.05) is 0 Å². The monoisotopic (exact) mass is 261 g/mol. The molecule has 0 saturated heterocycles. The van der Waals surface area contributed by atoms with Crippen molar-refractivity contribution in [2.75, 3.05) is 5.32 Å². The van der Waals surface area contributed by atoms with Crippen LogP contribution in [0.3, 0.4) is 0 Å². The molecule has 2 N–H and O–H groups in total. The number of hydrogen-bond donors (Lipinski definition) is 2. The summed E-state index contributed by atoms with van der Waals surface area (Å²) in [4.78, 5) is 21.7. The molecule has 1 amide bonds. The van der Waals surface area contributed by atoms with Gasteiger partial charge in [0.1, 0.15) is 11.8 Å². The van der Waals surface area contributed by atoms with Crippen molar-refractivity contribution >= 4 is 17.3 Å². The first-order valence-electron chi connectivity index (χ1n) is 5.23. The summed E-state index contributed by atoms with van der Waals surface area (Å²) in [5.41, 5.74) is 0.219. The average molecular weight is 261 g/mol. The second-order valence-electron chi connectivity index (χ2n) is 3.78. The molecule has 0 saturated carbocycles. The van der Waals surface area contributed by atoms with Gasteiger partial charge in [0.25, 0.3) is 11.6 Å². The van der Waals surface area contributed by atoms with Crippen LogP contribution >= 0.6 is 0 Å². The number of carbonyl (C=O) groups is 1. The first-order chi connectivity index (χ1) is 8.86. The Morgan fingerprint density at radius 1 is 1.53 bits per heavy atom. The van der Waals surface area contributed by atoms with Gasteiger partial charge in [-0.05, 0) is 26.0 Å². The van der Waals surface area contributed by atoms with E-state index in [9.17, 15) is 14.9 Å². The van der Waals surface area contributed by atoms with Crippen LogP contribution in [0.2, 0.25) is 0 Å². The highest BCUT2D eigenvalue weighted by Crippen LogP contribution is 2.21. The van der Waals surface area contributed by atoms with Gasteiger partial charge in [0.2, 0.25) is 0 Å². The van der Waals surface area contributed by atoms with Gasteiger partial charge in [-0.1, -0.05) is 0 Å². The highest BCUT2D eigenvalue weighted by Gasteiger charge is 2.15. The van der Waals surface area contributed by atoms with E-state index in [-0.39, 0.29) is 5.69 Å². The number of amides is 1. The lowest BCUT2D eigenvalue weighted by Gasteiger charge is -2.06. The zero-order chi connectivity index (χ0) is 14.6. The van der Waals surface area contributed by atoms with E-state index in [1.54, 1.807) is 6.07 Å². The van der Waals surface area contributed by atoms with Gasteiger partial charge in [-0.25, -0.2) is 0 Å². The number of aliphatic hydroxyl groups excluding tert-OH is 1. The fourth-order valence-electron chi connectivity index (χ4n) is 1.43. The SMILES string of the molecule is CC(O)=C(C#N)C(=O)Nc1ccc([N+](=O)[O-])c(C)c1. The number of nitro groups is 1. The highest BCUT2D eigenvalue weighted by molar-refractivity contribution is 6.06. The zero-order valence-corrected chi connectivity index (χ0v) is 10.3. The van der Waals surface area contributed by atoms with E-state index < -0.39 is 22.2 Å². The number of nitriles is 1. The molecule has 1 aromatic carbocycles. The van der Waals surface area contributed by atoms with Crippen LogP contribution in [0.1, 0.15) is 12.5 Å². The van der Waals surface area contributed by atoms with Crippen molar-refractivity contribution in [1.29, 1.82) is 5.26 Å². The second-order valence-corrected chi connectivity index (χ2v) is 3.78. The number of carbonyl (C=O) groups excluding carboxylic acids is 1. The van der Waals surface area contributed by atoms with Gasteiger partial charge in [-0.15, -0.1) is 0 Å². The maximum Gasteiger partial charge on any atom is 0.272 e. The second kappa shape index (κ2) is 5.64. The molecule has 0 aromatic heterocycles. The minimum atomic E-state index is -0.768. The normalized spacial score (nSPS) is 11.2. The van der Waals surface area contributed by atoms with Gasteiger partial charge in [0.15, 0.2) is 5.57 Å². The molecular formula is C12H11N3O4. The molecule has 98 valence electrons. The Hall–Kier alpha value is -2.88. The Labute approximate surface area is 108 Å². The van der Waals surface area contributed by atoms with Crippen LogP contribution in [0.5, 0.6) is 0 Å². The molecule has 19 heavy (non-hydrogen) atoms. The number of aryl methyl sites for hydroxylation is 1. The molecule has 0 radical (unpaired) electrons. The van der Waals surface area contributed by atoms with Gasteiger partial charge in [-0.3, -0.25) is 14.9 Å². The molecule has 0 aliphatic carbocycles. The third-order valence-electron chi connectivity index (χ3n) is 2.35. The summed E-state index contributed by atoms with van der Waals surface area (Å²) in [5.74, 6) is -1.16. The summed E-state index contributed by atoms with van der Waals surface area (Å²) in [6, 6.07) is 5.60. The van der Waals surface area contributed by atoms with Gasteiger partial charge in [0.05, 0.1) is 4.92 Å². The minimum absolute atomic E-state index is 0.0626. The molecular weight excluding hydrogens is 250 g/mol. The van der Waals surface area contributed by atoms with Crippen LogP contribution in [-0.4, -0.2) is 15.9 Å². The maximum atomic E-state index is 11.6. The number of nitrogens with one attached hydrogen (secondary N) is 1. The molecule has 0 fully saturated rings. The first kappa shape index (κ1) is 14.2. The van der Waals surface area contributed by atoms with E-state index in [2.05, 4.69) is 5.32 Å². The summed E-state index contributed by atoms with van der Waals surface area (Å²) >= 11 is 0. The van der Waals surface area contributed by atoms with Crippen LogP contribution in [0, 0.1) is 28.4 Å². The average Bonchev–Trinajstić information content (AvgIpc) is 2.28. The molecule has 0 spiro atoms. The number of nitro benzene ring substituents is 1. The number of benzene rings is 1. The van der Waals surface area contributed by atoms with E-state index in [4.69, 9.17) is 10.4 Å².